The van der Waals surface area contributed by atoms with Gasteiger partial charge in [0.05, 0.1) is 11.1 Å². The highest BCUT2D eigenvalue weighted by atomic mass is 32.2. The summed E-state index contributed by atoms with van der Waals surface area (Å²) in [6.45, 7) is 7.38. The Kier molecular flexibility index (Phi) is 6.91. The summed E-state index contributed by atoms with van der Waals surface area (Å²) >= 11 is 2.79. The van der Waals surface area contributed by atoms with E-state index in [1.165, 1.54) is 23.1 Å². The first-order valence-electron chi connectivity index (χ1n) is 9.48. The molecule has 0 radical (unpaired) electrons. The van der Waals surface area contributed by atoms with E-state index in [0.717, 1.165) is 22.4 Å². The molecule has 2 heterocycles. The number of thioether (sulfide) groups is 1. The second kappa shape index (κ2) is 9.39. The van der Waals surface area contributed by atoms with Crippen molar-refractivity contribution in [2.45, 2.75) is 38.9 Å². The zero-order valence-electron chi connectivity index (χ0n) is 16.4. The molecular weight excluding hydrogens is 390 g/mol. The summed E-state index contributed by atoms with van der Waals surface area (Å²) in [4.78, 5) is 30.7. The van der Waals surface area contributed by atoms with Crippen molar-refractivity contribution >= 4 is 39.2 Å². The molecular formula is C21H25N3O2S2. The molecule has 0 fully saturated rings. The van der Waals surface area contributed by atoms with Gasteiger partial charge in [-0.05, 0) is 24.8 Å². The fraction of sp³-hybridized carbons (Fsp3) is 0.381. The maximum Gasteiger partial charge on any atom is 0.263 e. The number of carbonyl (C=O) groups is 1. The molecule has 2 aromatic heterocycles. The number of carbonyl (C=O) groups excluding carboxylic acids is 1. The van der Waals surface area contributed by atoms with E-state index in [-0.39, 0.29) is 17.2 Å². The van der Waals surface area contributed by atoms with E-state index in [0.29, 0.717) is 29.6 Å². The van der Waals surface area contributed by atoms with Crippen LogP contribution >= 0.6 is 23.1 Å². The first kappa shape index (κ1) is 20.6. The summed E-state index contributed by atoms with van der Waals surface area (Å²) in [6, 6.07) is 9.89. The van der Waals surface area contributed by atoms with E-state index in [4.69, 9.17) is 4.98 Å². The third kappa shape index (κ3) is 4.64. The van der Waals surface area contributed by atoms with Crippen LogP contribution in [0.2, 0.25) is 0 Å². The van der Waals surface area contributed by atoms with E-state index in [2.05, 4.69) is 19.2 Å². The molecule has 3 aromatic rings. The molecule has 148 valence electrons. The van der Waals surface area contributed by atoms with Crippen molar-refractivity contribution in [1.29, 1.82) is 0 Å². The number of nitrogens with one attached hydrogen (secondary N) is 1. The van der Waals surface area contributed by atoms with Crippen LogP contribution in [0.5, 0.6) is 0 Å². The van der Waals surface area contributed by atoms with Crippen molar-refractivity contribution in [1.82, 2.24) is 14.9 Å². The van der Waals surface area contributed by atoms with Gasteiger partial charge in [0.1, 0.15) is 4.83 Å². The quantitative estimate of drug-likeness (QED) is 0.437. The molecule has 1 amide bonds. The molecule has 1 N–H and O–H groups in total. The molecule has 0 saturated carbocycles. The van der Waals surface area contributed by atoms with Gasteiger partial charge in [-0.25, -0.2) is 4.98 Å². The predicted molar refractivity (Wildman–Crippen MR) is 118 cm³/mol. The number of benzene rings is 1. The number of amides is 1. The van der Waals surface area contributed by atoms with E-state index < -0.39 is 0 Å². The Morgan fingerprint density at radius 2 is 2.04 bits per heavy atom. The van der Waals surface area contributed by atoms with Crippen LogP contribution in [0.25, 0.3) is 21.3 Å². The smallest absolute Gasteiger partial charge is 0.263 e. The van der Waals surface area contributed by atoms with Crippen LogP contribution in [0.1, 0.15) is 27.2 Å². The normalized spacial score (nSPS) is 11.3. The molecule has 0 unspecified atom stereocenters. The molecule has 7 heteroatoms. The van der Waals surface area contributed by atoms with Crippen LogP contribution in [-0.2, 0) is 11.3 Å². The van der Waals surface area contributed by atoms with Crippen molar-refractivity contribution in [2.75, 3.05) is 12.3 Å². The molecule has 1 aromatic carbocycles. The Balaban J connectivity index is 1.85. The number of rotatable bonds is 8. The number of hydrogen-bond acceptors (Lipinski definition) is 5. The minimum atomic E-state index is -0.0460. The summed E-state index contributed by atoms with van der Waals surface area (Å²) < 4.78 is 1.66. The maximum atomic E-state index is 13.1. The molecule has 0 aliphatic carbocycles. The summed E-state index contributed by atoms with van der Waals surface area (Å²) in [5.74, 6) is 0.784. The van der Waals surface area contributed by atoms with Crippen LogP contribution in [0.15, 0.2) is 45.7 Å². The number of fused-ring (bicyclic) bond motifs is 1. The Bertz CT molecular complexity index is 1010. The fourth-order valence-corrected chi connectivity index (χ4v) is 4.79. The number of hydrogen-bond donors (Lipinski definition) is 1. The average molecular weight is 416 g/mol. The third-order valence-electron chi connectivity index (χ3n) is 4.44. The first-order valence-corrected chi connectivity index (χ1v) is 11.3. The van der Waals surface area contributed by atoms with E-state index in [1.807, 2.05) is 42.6 Å². The van der Waals surface area contributed by atoms with Gasteiger partial charge in [0.25, 0.3) is 5.56 Å². The number of aromatic nitrogens is 2. The molecule has 0 bridgehead atoms. The van der Waals surface area contributed by atoms with Gasteiger partial charge in [-0.15, -0.1) is 11.3 Å². The molecule has 3 rings (SSSR count). The van der Waals surface area contributed by atoms with Gasteiger partial charge in [0.2, 0.25) is 5.91 Å². The molecule has 0 spiro atoms. The van der Waals surface area contributed by atoms with Crippen LogP contribution in [-0.4, -0.2) is 27.8 Å². The zero-order chi connectivity index (χ0) is 20.1. The summed E-state index contributed by atoms with van der Waals surface area (Å²) in [7, 11) is 0. The van der Waals surface area contributed by atoms with E-state index in [1.54, 1.807) is 4.57 Å². The van der Waals surface area contributed by atoms with Crippen molar-refractivity contribution in [3.63, 3.8) is 0 Å². The largest absolute Gasteiger partial charge is 0.355 e. The molecule has 0 saturated heterocycles. The van der Waals surface area contributed by atoms with Gasteiger partial charge in [-0.1, -0.05) is 55.9 Å². The van der Waals surface area contributed by atoms with Gasteiger partial charge in [0.15, 0.2) is 5.16 Å². The van der Waals surface area contributed by atoms with E-state index >= 15 is 0 Å². The van der Waals surface area contributed by atoms with Crippen molar-refractivity contribution in [3.8, 4) is 11.1 Å². The lowest BCUT2D eigenvalue weighted by molar-refractivity contribution is -0.118. The highest BCUT2D eigenvalue weighted by molar-refractivity contribution is 7.99. The average Bonchev–Trinajstić information content (AvgIpc) is 3.11. The lowest BCUT2D eigenvalue weighted by Gasteiger charge is -2.11. The highest BCUT2D eigenvalue weighted by Crippen LogP contribution is 2.32. The minimum Gasteiger partial charge on any atom is -0.355 e. The molecule has 0 aliphatic heterocycles. The first-order chi connectivity index (χ1) is 13.5. The maximum absolute atomic E-state index is 13.1. The highest BCUT2D eigenvalue weighted by Gasteiger charge is 2.17. The number of nitrogens with zero attached hydrogens (tertiary/aromatic N) is 2. The van der Waals surface area contributed by atoms with Gasteiger partial charge < -0.3 is 5.32 Å². The van der Waals surface area contributed by atoms with Gasteiger partial charge >= 0.3 is 0 Å². The Morgan fingerprint density at radius 1 is 1.29 bits per heavy atom. The van der Waals surface area contributed by atoms with Crippen LogP contribution < -0.4 is 10.9 Å². The van der Waals surface area contributed by atoms with Crippen molar-refractivity contribution < 1.29 is 4.79 Å². The van der Waals surface area contributed by atoms with E-state index in [9.17, 15) is 9.59 Å². The van der Waals surface area contributed by atoms with Crippen LogP contribution in [0.3, 0.4) is 0 Å². The molecule has 0 atom stereocenters. The van der Waals surface area contributed by atoms with Crippen molar-refractivity contribution in [2.24, 2.45) is 5.92 Å². The summed E-state index contributed by atoms with van der Waals surface area (Å²) in [5.41, 5.74) is 1.89. The molecule has 0 aliphatic rings. The lowest BCUT2D eigenvalue weighted by Crippen LogP contribution is -2.28. The topological polar surface area (TPSA) is 64.0 Å². The lowest BCUT2D eigenvalue weighted by atomic mass is 10.1. The van der Waals surface area contributed by atoms with Crippen LogP contribution in [0, 0.1) is 5.92 Å². The molecule has 5 nitrogen and oxygen atoms in total. The van der Waals surface area contributed by atoms with Gasteiger partial charge in [-0.2, -0.15) is 0 Å². The summed E-state index contributed by atoms with van der Waals surface area (Å²) in [5, 5.41) is 6.17. The Morgan fingerprint density at radius 3 is 2.71 bits per heavy atom. The number of thiophene rings is 1. The molecule has 28 heavy (non-hydrogen) atoms. The SMILES string of the molecule is CCn1c(SCC(=O)NCCC(C)C)nc2scc(-c3ccccc3)c2c1=O. The van der Waals surface area contributed by atoms with Gasteiger partial charge in [0, 0.05) is 24.0 Å². The summed E-state index contributed by atoms with van der Waals surface area (Å²) in [6.07, 6.45) is 0.956. The monoisotopic (exact) mass is 415 g/mol. The minimum absolute atomic E-state index is 0.0289. The predicted octanol–water partition coefficient (Wildman–Crippen LogP) is 4.40. The van der Waals surface area contributed by atoms with Gasteiger partial charge in [-0.3, -0.25) is 14.2 Å². The zero-order valence-corrected chi connectivity index (χ0v) is 18.0. The van der Waals surface area contributed by atoms with Crippen LogP contribution in [0.4, 0.5) is 0 Å². The third-order valence-corrected chi connectivity index (χ3v) is 6.28. The second-order valence-corrected chi connectivity index (χ2v) is 8.76. The Labute approximate surface area is 173 Å². The fourth-order valence-electron chi connectivity index (χ4n) is 2.91. The van der Waals surface area contributed by atoms with Crippen molar-refractivity contribution in [3.05, 3.63) is 46.1 Å². The standard InChI is InChI=1S/C21H25N3O2S2/c1-4-24-20(26)18-16(15-8-6-5-7-9-15)12-27-19(18)23-21(24)28-13-17(25)22-11-10-14(2)3/h5-9,12,14H,4,10-11,13H2,1-3H3,(H,22,25). The Hall–Kier alpha value is -2.12. The second-order valence-electron chi connectivity index (χ2n) is 6.96.